The van der Waals surface area contributed by atoms with Crippen LogP contribution >= 0.6 is 11.3 Å². The highest BCUT2D eigenvalue weighted by atomic mass is 32.1. The number of fused-ring (bicyclic) bond motifs is 1. The van der Waals surface area contributed by atoms with Crippen molar-refractivity contribution in [3.63, 3.8) is 0 Å². The fourth-order valence-corrected chi connectivity index (χ4v) is 5.49. The van der Waals surface area contributed by atoms with E-state index in [-0.39, 0.29) is 5.91 Å². The lowest BCUT2D eigenvalue weighted by Gasteiger charge is -2.31. The number of piperidine rings is 1. The van der Waals surface area contributed by atoms with Crippen LogP contribution < -0.4 is 10.2 Å². The summed E-state index contributed by atoms with van der Waals surface area (Å²) in [6, 6.07) is 14.4. The van der Waals surface area contributed by atoms with Crippen LogP contribution in [0.15, 0.2) is 47.8 Å². The van der Waals surface area contributed by atoms with Gasteiger partial charge in [0.1, 0.15) is 5.82 Å². The Bertz CT molecular complexity index is 1020. The molecule has 2 aliphatic rings. The third-order valence-corrected chi connectivity index (χ3v) is 7.43. The highest BCUT2D eigenvalue weighted by Crippen LogP contribution is 2.27. The lowest BCUT2D eigenvalue weighted by molar-refractivity contribution is 0.0935. The minimum Gasteiger partial charge on any atom is -0.356 e. The molecule has 1 amide bonds. The Balaban J connectivity index is 1.23. The number of likely N-dealkylation sites (tertiary alicyclic amines) is 1. The molecule has 1 N–H and O–H groups in total. The van der Waals surface area contributed by atoms with Crippen molar-refractivity contribution in [2.75, 3.05) is 37.6 Å². The second-order valence-corrected chi connectivity index (χ2v) is 9.79. The van der Waals surface area contributed by atoms with E-state index in [0.29, 0.717) is 5.92 Å². The first-order valence-electron chi connectivity index (χ1n) is 11.4. The summed E-state index contributed by atoms with van der Waals surface area (Å²) in [5.41, 5.74) is 1.68. The number of nitrogens with one attached hydrogen (secondary N) is 1. The number of aromatic nitrogens is 1. The van der Waals surface area contributed by atoms with E-state index < -0.39 is 0 Å². The molecular weight excluding hydrogens is 404 g/mol. The quantitative estimate of drug-likeness (QED) is 0.619. The van der Waals surface area contributed by atoms with Gasteiger partial charge in [0, 0.05) is 36.4 Å². The van der Waals surface area contributed by atoms with Gasteiger partial charge in [-0.3, -0.25) is 9.69 Å². The molecule has 0 spiro atoms. The Morgan fingerprint density at radius 2 is 1.87 bits per heavy atom. The molecule has 0 aliphatic carbocycles. The van der Waals surface area contributed by atoms with Gasteiger partial charge in [-0.05, 0) is 68.3 Å². The minimum absolute atomic E-state index is 0.0150. The summed E-state index contributed by atoms with van der Waals surface area (Å²) in [7, 11) is 0. The highest BCUT2D eigenvalue weighted by Gasteiger charge is 2.24. The maximum absolute atomic E-state index is 13.2. The molecule has 0 unspecified atom stereocenters. The topological polar surface area (TPSA) is 48.5 Å². The molecule has 0 saturated carbocycles. The summed E-state index contributed by atoms with van der Waals surface area (Å²) in [6.45, 7) is 5.98. The number of rotatable bonds is 6. The Morgan fingerprint density at radius 1 is 1.06 bits per heavy atom. The number of carbonyl (C=O) groups excluding carboxylic acids is 1. The molecule has 5 rings (SSSR count). The van der Waals surface area contributed by atoms with Crippen LogP contribution in [0.5, 0.6) is 0 Å². The van der Waals surface area contributed by atoms with Gasteiger partial charge in [0.15, 0.2) is 0 Å². The van der Waals surface area contributed by atoms with E-state index in [1.165, 1.54) is 17.7 Å². The van der Waals surface area contributed by atoms with Crippen LogP contribution in [-0.2, 0) is 6.54 Å². The number of hydrogen-bond donors (Lipinski definition) is 1. The monoisotopic (exact) mass is 434 g/mol. The number of anilines is 1. The first-order chi connectivity index (χ1) is 15.3. The van der Waals surface area contributed by atoms with Gasteiger partial charge in [0.05, 0.1) is 11.1 Å². The van der Waals surface area contributed by atoms with Crippen LogP contribution in [0.25, 0.3) is 10.9 Å². The van der Waals surface area contributed by atoms with Crippen LogP contribution in [0.3, 0.4) is 0 Å². The van der Waals surface area contributed by atoms with Gasteiger partial charge >= 0.3 is 0 Å². The van der Waals surface area contributed by atoms with Crippen LogP contribution in [0, 0.1) is 5.92 Å². The van der Waals surface area contributed by atoms with E-state index in [1.54, 1.807) is 0 Å². The van der Waals surface area contributed by atoms with Crippen LogP contribution in [-0.4, -0.2) is 48.5 Å². The predicted octanol–water partition coefficient (Wildman–Crippen LogP) is 4.54. The molecule has 2 saturated heterocycles. The first kappa shape index (κ1) is 20.5. The van der Waals surface area contributed by atoms with Crippen LogP contribution in [0.2, 0.25) is 0 Å². The lowest BCUT2D eigenvalue weighted by atomic mass is 9.96. The van der Waals surface area contributed by atoms with Crippen molar-refractivity contribution in [2.45, 2.75) is 32.2 Å². The van der Waals surface area contributed by atoms with E-state index in [9.17, 15) is 4.79 Å². The number of hydrogen-bond acceptors (Lipinski definition) is 5. The molecule has 0 radical (unpaired) electrons. The maximum atomic E-state index is 13.2. The molecule has 2 aromatic heterocycles. The molecule has 5 nitrogen and oxygen atoms in total. The molecule has 31 heavy (non-hydrogen) atoms. The molecule has 0 atom stereocenters. The Hall–Kier alpha value is -2.44. The summed E-state index contributed by atoms with van der Waals surface area (Å²) in [5, 5.41) is 6.41. The Labute approximate surface area is 188 Å². The van der Waals surface area contributed by atoms with E-state index in [0.717, 1.165) is 74.4 Å². The third kappa shape index (κ3) is 4.75. The van der Waals surface area contributed by atoms with E-state index >= 15 is 0 Å². The van der Waals surface area contributed by atoms with Gasteiger partial charge < -0.3 is 10.2 Å². The van der Waals surface area contributed by atoms with Crippen molar-refractivity contribution >= 4 is 34.0 Å². The van der Waals surface area contributed by atoms with Gasteiger partial charge in [0.2, 0.25) is 0 Å². The second kappa shape index (κ2) is 9.37. The number of nitrogens with zero attached hydrogens (tertiary/aromatic N) is 3. The summed E-state index contributed by atoms with van der Waals surface area (Å²) in [6.07, 6.45) is 4.61. The molecular formula is C25H30N4OS. The zero-order chi connectivity index (χ0) is 21.0. The van der Waals surface area contributed by atoms with Gasteiger partial charge in [-0.2, -0.15) is 0 Å². The van der Waals surface area contributed by atoms with Crippen molar-refractivity contribution in [1.29, 1.82) is 0 Å². The van der Waals surface area contributed by atoms with Crippen LogP contribution in [0.4, 0.5) is 5.82 Å². The average Bonchev–Trinajstić information content (AvgIpc) is 3.52. The molecule has 1 aromatic carbocycles. The van der Waals surface area contributed by atoms with Gasteiger partial charge in [-0.25, -0.2) is 4.98 Å². The normalized spacial score (nSPS) is 18.0. The van der Waals surface area contributed by atoms with Gasteiger partial charge in [0.25, 0.3) is 5.91 Å². The zero-order valence-corrected chi connectivity index (χ0v) is 18.7. The standard InChI is InChI=1S/C25H30N4OS/c30-25(26-17-19-9-13-28(14-10-19)18-21-7-5-15-31-21)22-16-20-6-1-2-8-23(20)27-24(22)29-11-3-4-12-29/h1-2,5-8,15-16,19H,3-4,9-14,17-18H2,(H,26,30). The van der Waals surface area contributed by atoms with E-state index in [2.05, 4.69) is 32.6 Å². The highest BCUT2D eigenvalue weighted by molar-refractivity contribution is 7.09. The largest absolute Gasteiger partial charge is 0.356 e. The van der Waals surface area contributed by atoms with E-state index in [4.69, 9.17) is 4.98 Å². The molecule has 3 aromatic rings. The van der Waals surface area contributed by atoms with Gasteiger partial charge in [-0.15, -0.1) is 11.3 Å². The number of pyridine rings is 1. The number of thiophene rings is 1. The smallest absolute Gasteiger partial charge is 0.255 e. The Morgan fingerprint density at radius 3 is 2.65 bits per heavy atom. The fraction of sp³-hybridized carbons (Fsp3) is 0.440. The molecule has 6 heteroatoms. The molecule has 162 valence electrons. The van der Waals surface area contributed by atoms with Crippen molar-refractivity contribution < 1.29 is 4.79 Å². The summed E-state index contributed by atoms with van der Waals surface area (Å²) < 4.78 is 0. The predicted molar refractivity (Wildman–Crippen MR) is 128 cm³/mol. The molecule has 4 heterocycles. The van der Waals surface area contributed by atoms with Gasteiger partial charge in [-0.1, -0.05) is 24.3 Å². The zero-order valence-electron chi connectivity index (χ0n) is 17.9. The van der Waals surface area contributed by atoms with E-state index in [1.807, 2.05) is 41.7 Å². The van der Waals surface area contributed by atoms with Crippen molar-refractivity contribution in [3.8, 4) is 0 Å². The number of amides is 1. The second-order valence-electron chi connectivity index (χ2n) is 8.76. The molecule has 0 bridgehead atoms. The lowest BCUT2D eigenvalue weighted by Crippen LogP contribution is -2.38. The SMILES string of the molecule is O=C(NCC1CCN(Cc2cccs2)CC1)c1cc2ccccc2nc1N1CCCC1. The fourth-order valence-electron chi connectivity index (χ4n) is 4.75. The van der Waals surface area contributed by atoms with Crippen molar-refractivity contribution in [1.82, 2.24) is 15.2 Å². The summed E-state index contributed by atoms with van der Waals surface area (Å²) >= 11 is 1.83. The number of carbonyl (C=O) groups is 1. The number of benzene rings is 1. The maximum Gasteiger partial charge on any atom is 0.255 e. The summed E-state index contributed by atoms with van der Waals surface area (Å²) in [4.78, 5) is 24.3. The Kier molecular flexibility index (Phi) is 6.18. The summed E-state index contributed by atoms with van der Waals surface area (Å²) in [5.74, 6) is 1.41. The molecule has 2 aliphatic heterocycles. The number of para-hydroxylation sites is 1. The first-order valence-corrected chi connectivity index (χ1v) is 12.3. The van der Waals surface area contributed by atoms with Crippen molar-refractivity contribution in [2.24, 2.45) is 5.92 Å². The van der Waals surface area contributed by atoms with Crippen LogP contribution in [0.1, 0.15) is 40.9 Å². The minimum atomic E-state index is 0.0150. The van der Waals surface area contributed by atoms with Crippen molar-refractivity contribution in [3.05, 3.63) is 58.3 Å². The third-order valence-electron chi connectivity index (χ3n) is 6.57. The molecule has 2 fully saturated rings. The average molecular weight is 435 g/mol.